The van der Waals surface area contributed by atoms with Crippen LogP contribution in [0.2, 0.25) is 0 Å². The number of allylic oxidation sites excluding steroid dienone is 1. The highest BCUT2D eigenvalue weighted by Crippen LogP contribution is 2.17. The summed E-state index contributed by atoms with van der Waals surface area (Å²) in [6.45, 7) is 6.97. The van der Waals surface area contributed by atoms with Crippen LogP contribution in [0.3, 0.4) is 0 Å². The van der Waals surface area contributed by atoms with Crippen LogP contribution >= 0.6 is 0 Å². The van der Waals surface area contributed by atoms with Gasteiger partial charge in [-0.15, -0.1) is 0 Å². The molecule has 0 aliphatic carbocycles. The van der Waals surface area contributed by atoms with Gasteiger partial charge in [0.2, 0.25) is 0 Å². The van der Waals surface area contributed by atoms with E-state index in [1.807, 2.05) is 0 Å². The predicted molar refractivity (Wildman–Crippen MR) is 51.6 cm³/mol. The van der Waals surface area contributed by atoms with E-state index < -0.39 is 5.60 Å². The largest absolute Gasteiger partial charge is 0.509 e. The summed E-state index contributed by atoms with van der Waals surface area (Å²) in [5.41, 5.74) is -0.787. The van der Waals surface area contributed by atoms with Crippen molar-refractivity contribution in [3.05, 3.63) is 11.8 Å². The number of ether oxygens (including phenoxy) is 1. The van der Waals surface area contributed by atoms with Crippen molar-refractivity contribution in [3.8, 4) is 0 Å². The fourth-order valence-electron chi connectivity index (χ4n) is 0.580. The number of ketones is 1. The zero-order valence-electron chi connectivity index (χ0n) is 8.92. The van der Waals surface area contributed by atoms with Gasteiger partial charge >= 0.3 is 0 Å². The fraction of sp³-hybridized carbons (Fsp3) is 0.700. The minimum absolute atomic E-state index is 0.0336. The Labute approximate surface area is 79.4 Å². The van der Waals surface area contributed by atoms with Crippen molar-refractivity contribution >= 4 is 5.78 Å². The van der Waals surface area contributed by atoms with Crippen LogP contribution in [0.4, 0.5) is 0 Å². The third kappa shape index (κ3) is 3.59. The Morgan fingerprint density at radius 2 is 1.92 bits per heavy atom. The van der Waals surface area contributed by atoms with Gasteiger partial charge in [-0.2, -0.15) is 0 Å². The van der Waals surface area contributed by atoms with E-state index in [9.17, 15) is 9.90 Å². The van der Waals surface area contributed by atoms with Gasteiger partial charge in [0.05, 0.1) is 0 Å². The number of carbonyl (C=O) groups excluding carboxylic acids is 1. The monoisotopic (exact) mass is 186 g/mol. The first-order chi connectivity index (χ1) is 5.81. The van der Waals surface area contributed by atoms with Crippen molar-refractivity contribution < 1.29 is 14.6 Å². The van der Waals surface area contributed by atoms with Crippen molar-refractivity contribution in [1.82, 2.24) is 0 Å². The Morgan fingerprint density at radius 1 is 1.46 bits per heavy atom. The fourth-order valence-corrected chi connectivity index (χ4v) is 0.580. The molecule has 3 heteroatoms. The Hall–Kier alpha value is -0.830. The van der Waals surface area contributed by atoms with Crippen LogP contribution in [0.15, 0.2) is 11.8 Å². The van der Waals surface area contributed by atoms with E-state index in [1.165, 1.54) is 13.2 Å². The maximum atomic E-state index is 11.2. The van der Waals surface area contributed by atoms with Crippen LogP contribution in [0.1, 0.15) is 27.7 Å². The first-order valence-corrected chi connectivity index (χ1v) is 4.31. The quantitative estimate of drug-likeness (QED) is 0.540. The number of aliphatic hydroxyl groups excluding tert-OH is 1. The second-order valence-electron chi connectivity index (χ2n) is 3.80. The summed E-state index contributed by atoms with van der Waals surface area (Å²) in [6, 6.07) is 0. The summed E-state index contributed by atoms with van der Waals surface area (Å²) < 4.78 is 5.01. The summed E-state index contributed by atoms with van der Waals surface area (Å²) in [6.07, 6.45) is 1.23. The molecule has 1 N–H and O–H groups in total. The van der Waals surface area contributed by atoms with Crippen LogP contribution < -0.4 is 0 Å². The first kappa shape index (κ1) is 12.2. The van der Waals surface area contributed by atoms with Crippen LogP contribution in [-0.4, -0.2) is 23.6 Å². The molecule has 0 aromatic carbocycles. The molecule has 0 aliphatic heterocycles. The molecule has 0 rings (SSSR count). The molecule has 13 heavy (non-hydrogen) atoms. The molecule has 0 bridgehead atoms. The molecule has 0 spiro atoms. The average Bonchev–Trinajstić information content (AvgIpc) is 2.04. The van der Waals surface area contributed by atoms with Gasteiger partial charge in [0, 0.05) is 19.1 Å². The molecule has 0 aromatic heterocycles. The minimum atomic E-state index is -0.787. The van der Waals surface area contributed by atoms with E-state index in [2.05, 4.69) is 0 Å². The maximum Gasteiger partial charge on any atom is 0.161 e. The summed E-state index contributed by atoms with van der Waals surface area (Å²) in [5, 5.41) is 9.51. The van der Waals surface area contributed by atoms with E-state index in [0.717, 1.165) is 0 Å². The molecule has 0 radical (unpaired) electrons. The maximum absolute atomic E-state index is 11.2. The van der Waals surface area contributed by atoms with Gasteiger partial charge in [-0.1, -0.05) is 13.8 Å². The number of carbonyl (C=O) groups is 1. The molecule has 0 aliphatic rings. The Morgan fingerprint density at radius 3 is 2.23 bits per heavy atom. The Kier molecular flexibility index (Phi) is 4.14. The van der Waals surface area contributed by atoms with Crippen LogP contribution in [0.5, 0.6) is 0 Å². The zero-order chi connectivity index (χ0) is 10.6. The first-order valence-electron chi connectivity index (χ1n) is 4.31. The summed E-state index contributed by atoms with van der Waals surface area (Å²) in [4.78, 5) is 11.2. The highest BCUT2D eigenvalue weighted by atomic mass is 16.5. The van der Waals surface area contributed by atoms with Gasteiger partial charge in [-0.3, -0.25) is 4.79 Å². The molecule has 0 atom stereocenters. The molecular weight excluding hydrogens is 168 g/mol. The third-order valence-electron chi connectivity index (χ3n) is 1.98. The van der Waals surface area contributed by atoms with Crippen LogP contribution in [0.25, 0.3) is 0 Å². The Balaban J connectivity index is 4.59. The lowest BCUT2D eigenvalue weighted by atomic mass is 10.0. The van der Waals surface area contributed by atoms with Gasteiger partial charge in [-0.05, 0) is 13.8 Å². The number of aliphatic hydroxyl groups is 1. The SMILES string of the molecule is COC(C)(C)/C(O)=C/C(=O)C(C)C. The van der Waals surface area contributed by atoms with Crippen molar-refractivity contribution in [2.45, 2.75) is 33.3 Å². The number of rotatable bonds is 4. The lowest BCUT2D eigenvalue weighted by Gasteiger charge is -2.21. The van der Waals surface area contributed by atoms with E-state index in [0.29, 0.717) is 0 Å². The van der Waals surface area contributed by atoms with Crippen molar-refractivity contribution in [2.75, 3.05) is 7.11 Å². The van der Waals surface area contributed by atoms with Crippen molar-refractivity contribution in [2.24, 2.45) is 5.92 Å². The van der Waals surface area contributed by atoms with Gasteiger partial charge in [0.25, 0.3) is 0 Å². The highest BCUT2D eigenvalue weighted by molar-refractivity contribution is 5.91. The van der Waals surface area contributed by atoms with E-state index in [1.54, 1.807) is 27.7 Å². The molecule has 0 saturated heterocycles. The van der Waals surface area contributed by atoms with Crippen LogP contribution in [0, 0.1) is 5.92 Å². The molecule has 3 nitrogen and oxygen atoms in total. The van der Waals surface area contributed by atoms with Gasteiger partial charge in [-0.25, -0.2) is 0 Å². The highest BCUT2D eigenvalue weighted by Gasteiger charge is 2.23. The van der Waals surface area contributed by atoms with Crippen molar-refractivity contribution in [1.29, 1.82) is 0 Å². The van der Waals surface area contributed by atoms with Gasteiger partial charge < -0.3 is 9.84 Å². The zero-order valence-corrected chi connectivity index (χ0v) is 8.92. The smallest absolute Gasteiger partial charge is 0.161 e. The van der Waals surface area contributed by atoms with Crippen molar-refractivity contribution in [3.63, 3.8) is 0 Å². The number of hydrogen-bond donors (Lipinski definition) is 1. The Bertz CT molecular complexity index is 214. The van der Waals surface area contributed by atoms with Gasteiger partial charge in [0.15, 0.2) is 5.78 Å². The number of hydrogen-bond acceptors (Lipinski definition) is 3. The lowest BCUT2D eigenvalue weighted by molar-refractivity contribution is -0.117. The predicted octanol–water partition coefficient (Wildman–Crippen LogP) is 2.08. The second kappa shape index (κ2) is 4.42. The van der Waals surface area contributed by atoms with E-state index >= 15 is 0 Å². The summed E-state index contributed by atoms with van der Waals surface area (Å²) in [5.74, 6) is -0.230. The average molecular weight is 186 g/mol. The van der Waals surface area contributed by atoms with Crippen LogP contribution in [-0.2, 0) is 9.53 Å². The molecular formula is C10H18O3. The standard InChI is InChI=1S/C10H18O3/c1-7(2)8(11)6-9(12)10(3,4)13-5/h6-7,12H,1-5H3/b9-6-. The molecule has 0 aromatic rings. The molecule has 0 amide bonds. The van der Waals surface area contributed by atoms with E-state index in [4.69, 9.17) is 4.74 Å². The second-order valence-corrected chi connectivity index (χ2v) is 3.80. The van der Waals surface area contributed by atoms with Gasteiger partial charge in [0.1, 0.15) is 11.4 Å². The molecule has 0 heterocycles. The number of methoxy groups -OCH3 is 1. The summed E-state index contributed by atoms with van der Waals surface area (Å²) >= 11 is 0. The van der Waals surface area contributed by atoms with E-state index in [-0.39, 0.29) is 17.5 Å². The lowest BCUT2D eigenvalue weighted by Crippen LogP contribution is -2.26. The molecule has 0 fully saturated rings. The minimum Gasteiger partial charge on any atom is -0.509 e. The topological polar surface area (TPSA) is 46.5 Å². The third-order valence-corrected chi connectivity index (χ3v) is 1.98. The normalized spacial score (nSPS) is 13.5. The molecule has 0 saturated carbocycles. The molecule has 0 unspecified atom stereocenters. The molecule has 76 valence electrons. The summed E-state index contributed by atoms with van der Waals surface area (Å²) in [7, 11) is 1.49.